The molecule has 3 nitrogen and oxygen atoms in total. The van der Waals surface area contributed by atoms with E-state index < -0.39 is 0 Å². The fourth-order valence-corrected chi connectivity index (χ4v) is 3.74. The molecule has 0 aliphatic rings. The molecule has 0 saturated heterocycles. The minimum atomic E-state index is -0.0633. The highest BCUT2D eigenvalue weighted by Crippen LogP contribution is 2.42. The van der Waals surface area contributed by atoms with Gasteiger partial charge in [0, 0.05) is 21.9 Å². The summed E-state index contributed by atoms with van der Waals surface area (Å²) < 4.78 is 18.7. The standard InChI is InChI=1S/C28H36O3/c1-9-11-13-29-25-15-19-20-16-26(30-14-12-10-2)22(28(6,7)8)18-24(20)31-23(19)17-21(25)27(3,4)5/h9-10,15-18H,1-2,11-14H2,3-8H3. The second-order valence-electron chi connectivity index (χ2n) is 10.1. The largest absolute Gasteiger partial charge is 0.493 e. The van der Waals surface area contributed by atoms with E-state index in [1.807, 2.05) is 12.2 Å². The number of ether oxygens (including phenoxy) is 2. The zero-order valence-corrected chi connectivity index (χ0v) is 19.9. The fraction of sp³-hybridized carbons (Fsp3) is 0.429. The van der Waals surface area contributed by atoms with E-state index in [2.05, 4.69) is 79.0 Å². The van der Waals surface area contributed by atoms with Gasteiger partial charge >= 0.3 is 0 Å². The van der Waals surface area contributed by atoms with Crippen LogP contribution in [0.1, 0.15) is 65.5 Å². The van der Waals surface area contributed by atoms with E-state index in [-0.39, 0.29) is 10.8 Å². The summed E-state index contributed by atoms with van der Waals surface area (Å²) in [7, 11) is 0. The van der Waals surface area contributed by atoms with E-state index in [9.17, 15) is 0 Å². The molecule has 1 heterocycles. The summed E-state index contributed by atoms with van der Waals surface area (Å²) in [5.41, 5.74) is 3.90. The van der Waals surface area contributed by atoms with Crippen LogP contribution in [0.5, 0.6) is 11.5 Å². The maximum atomic E-state index is 6.34. The summed E-state index contributed by atoms with van der Waals surface area (Å²) in [6.45, 7) is 22.0. The molecule has 3 rings (SSSR count). The van der Waals surface area contributed by atoms with Crippen molar-refractivity contribution in [1.82, 2.24) is 0 Å². The van der Waals surface area contributed by atoms with Crippen LogP contribution in [0.2, 0.25) is 0 Å². The summed E-state index contributed by atoms with van der Waals surface area (Å²) in [6, 6.07) is 8.51. The average Bonchev–Trinajstić information content (AvgIpc) is 3.02. The number of hydrogen-bond acceptors (Lipinski definition) is 3. The summed E-state index contributed by atoms with van der Waals surface area (Å²) in [6.07, 6.45) is 5.38. The SMILES string of the molecule is C=CCCOc1cc2c(cc1C(C)(C)C)oc1cc(C(C)(C)C)c(OCCC=C)cc12. The third-order valence-corrected chi connectivity index (χ3v) is 5.45. The van der Waals surface area contributed by atoms with Crippen molar-refractivity contribution in [2.75, 3.05) is 13.2 Å². The highest BCUT2D eigenvalue weighted by Gasteiger charge is 2.25. The highest BCUT2D eigenvalue weighted by atomic mass is 16.5. The number of furan rings is 1. The van der Waals surface area contributed by atoms with Gasteiger partial charge in [0.15, 0.2) is 0 Å². The predicted octanol–water partition coefficient (Wildman–Crippen LogP) is 8.09. The molecule has 0 N–H and O–H groups in total. The smallest absolute Gasteiger partial charge is 0.135 e. The molecule has 0 atom stereocenters. The quantitative estimate of drug-likeness (QED) is 0.272. The fourth-order valence-electron chi connectivity index (χ4n) is 3.74. The average molecular weight is 421 g/mol. The molecule has 166 valence electrons. The zero-order valence-electron chi connectivity index (χ0n) is 19.9. The van der Waals surface area contributed by atoms with Gasteiger partial charge < -0.3 is 13.9 Å². The van der Waals surface area contributed by atoms with Crippen molar-refractivity contribution in [3.8, 4) is 11.5 Å². The van der Waals surface area contributed by atoms with Gasteiger partial charge in [-0.1, -0.05) is 53.7 Å². The van der Waals surface area contributed by atoms with Crippen LogP contribution in [0, 0.1) is 0 Å². The zero-order chi connectivity index (χ0) is 22.8. The molecule has 0 saturated carbocycles. The molecular weight excluding hydrogens is 384 g/mol. The van der Waals surface area contributed by atoms with Crippen molar-refractivity contribution in [3.63, 3.8) is 0 Å². The molecule has 0 bridgehead atoms. The highest BCUT2D eigenvalue weighted by molar-refractivity contribution is 6.06. The molecule has 0 spiro atoms. The maximum absolute atomic E-state index is 6.34. The second kappa shape index (κ2) is 8.82. The minimum absolute atomic E-state index is 0.0633. The first kappa shape index (κ1) is 23.0. The predicted molar refractivity (Wildman–Crippen MR) is 132 cm³/mol. The van der Waals surface area contributed by atoms with Crippen LogP contribution in [-0.2, 0) is 10.8 Å². The lowest BCUT2D eigenvalue weighted by atomic mass is 9.85. The molecule has 31 heavy (non-hydrogen) atoms. The number of rotatable bonds is 8. The Labute approximate surface area is 186 Å². The maximum Gasteiger partial charge on any atom is 0.135 e. The van der Waals surface area contributed by atoms with Crippen molar-refractivity contribution < 1.29 is 13.9 Å². The van der Waals surface area contributed by atoms with Gasteiger partial charge in [0.2, 0.25) is 0 Å². The third kappa shape index (κ3) is 4.98. The normalized spacial score (nSPS) is 12.3. The Morgan fingerprint density at radius 2 is 1.10 bits per heavy atom. The summed E-state index contributed by atoms with van der Waals surface area (Å²) in [5, 5.41) is 2.09. The van der Waals surface area contributed by atoms with E-state index >= 15 is 0 Å². The van der Waals surface area contributed by atoms with E-state index in [0.29, 0.717) is 13.2 Å². The molecule has 0 aliphatic carbocycles. The van der Waals surface area contributed by atoms with Crippen molar-refractivity contribution in [2.45, 2.75) is 65.2 Å². The van der Waals surface area contributed by atoms with Gasteiger partial charge in [-0.15, -0.1) is 13.2 Å². The van der Waals surface area contributed by atoms with Crippen molar-refractivity contribution in [3.05, 3.63) is 60.7 Å². The molecule has 0 fully saturated rings. The van der Waals surface area contributed by atoms with Gasteiger partial charge in [-0.05, 0) is 47.9 Å². The monoisotopic (exact) mass is 420 g/mol. The Morgan fingerprint density at radius 3 is 1.42 bits per heavy atom. The van der Waals surface area contributed by atoms with Crippen molar-refractivity contribution in [1.29, 1.82) is 0 Å². The first-order chi connectivity index (χ1) is 14.6. The Kier molecular flexibility index (Phi) is 6.54. The topological polar surface area (TPSA) is 31.6 Å². The second-order valence-corrected chi connectivity index (χ2v) is 10.1. The van der Waals surface area contributed by atoms with Crippen LogP contribution < -0.4 is 9.47 Å². The molecule has 3 heteroatoms. The van der Waals surface area contributed by atoms with Gasteiger partial charge in [0.25, 0.3) is 0 Å². The molecule has 0 amide bonds. The lowest BCUT2D eigenvalue weighted by Gasteiger charge is -2.23. The van der Waals surface area contributed by atoms with Gasteiger partial charge in [0.05, 0.1) is 13.2 Å². The van der Waals surface area contributed by atoms with Crippen LogP contribution in [0.15, 0.2) is 54.0 Å². The summed E-state index contributed by atoms with van der Waals surface area (Å²) >= 11 is 0. The Bertz CT molecular complexity index is 1000. The van der Waals surface area contributed by atoms with Crippen LogP contribution in [0.25, 0.3) is 21.9 Å². The van der Waals surface area contributed by atoms with Crippen molar-refractivity contribution >= 4 is 21.9 Å². The first-order valence-corrected chi connectivity index (χ1v) is 11.1. The van der Waals surface area contributed by atoms with Gasteiger partial charge in [-0.2, -0.15) is 0 Å². The molecule has 0 unspecified atom stereocenters. The van der Waals surface area contributed by atoms with E-state index in [0.717, 1.165) is 57.4 Å². The third-order valence-electron chi connectivity index (χ3n) is 5.45. The Morgan fingerprint density at radius 1 is 0.710 bits per heavy atom. The number of hydrogen-bond donors (Lipinski definition) is 0. The van der Waals surface area contributed by atoms with Gasteiger partial charge in [0.1, 0.15) is 22.7 Å². The molecule has 2 aromatic carbocycles. The molecule has 0 radical (unpaired) electrons. The van der Waals surface area contributed by atoms with Crippen LogP contribution in [0.4, 0.5) is 0 Å². The van der Waals surface area contributed by atoms with Crippen LogP contribution >= 0.6 is 0 Å². The van der Waals surface area contributed by atoms with Crippen molar-refractivity contribution in [2.24, 2.45) is 0 Å². The summed E-state index contributed by atoms with van der Waals surface area (Å²) in [5.74, 6) is 1.80. The first-order valence-electron chi connectivity index (χ1n) is 11.1. The van der Waals surface area contributed by atoms with E-state index in [1.54, 1.807) is 0 Å². The van der Waals surface area contributed by atoms with Crippen LogP contribution in [-0.4, -0.2) is 13.2 Å². The lowest BCUT2D eigenvalue weighted by Crippen LogP contribution is -2.14. The lowest BCUT2D eigenvalue weighted by molar-refractivity contribution is 0.316. The van der Waals surface area contributed by atoms with E-state index in [1.165, 1.54) is 0 Å². The Balaban J connectivity index is 2.22. The van der Waals surface area contributed by atoms with Gasteiger partial charge in [-0.3, -0.25) is 0 Å². The molecular formula is C28H36O3. The molecule has 3 aromatic rings. The molecule has 0 aliphatic heterocycles. The van der Waals surface area contributed by atoms with E-state index in [4.69, 9.17) is 13.9 Å². The number of benzene rings is 2. The number of fused-ring (bicyclic) bond motifs is 3. The summed E-state index contributed by atoms with van der Waals surface area (Å²) in [4.78, 5) is 0. The Hall–Kier alpha value is -2.68. The molecule has 1 aromatic heterocycles. The van der Waals surface area contributed by atoms with Crippen LogP contribution in [0.3, 0.4) is 0 Å². The van der Waals surface area contributed by atoms with Gasteiger partial charge in [-0.25, -0.2) is 0 Å². The minimum Gasteiger partial charge on any atom is -0.493 e.